The molecule has 0 bridgehead atoms. The Kier molecular flexibility index (Phi) is 4.00. The summed E-state index contributed by atoms with van der Waals surface area (Å²) in [6.07, 6.45) is 0. The molecule has 4 heteroatoms. The number of nitrogens with two attached hydrogens (primary N) is 1. The summed E-state index contributed by atoms with van der Waals surface area (Å²) in [5.41, 5.74) is 6.70. The van der Waals surface area contributed by atoms with Crippen LogP contribution in [0, 0.1) is 5.82 Å². The van der Waals surface area contributed by atoms with Crippen molar-refractivity contribution in [3.63, 3.8) is 0 Å². The topological polar surface area (TPSA) is 55.5 Å². The Morgan fingerprint density at radius 1 is 1.57 bits per heavy atom. The lowest BCUT2D eigenvalue weighted by Gasteiger charge is -2.12. The van der Waals surface area contributed by atoms with Crippen molar-refractivity contribution in [3.8, 4) is 0 Å². The molecule has 3 N–H and O–H groups in total. The van der Waals surface area contributed by atoms with Gasteiger partial charge in [0, 0.05) is 12.7 Å². The number of aliphatic hydroxyl groups excluding tert-OH is 1. The average molecular weight is 199 g/mol. The van der Waals surface area contributed by atoms with Gasteiger partial charge in [0.25, 0.3) is 0 Å². The van der Waals surface area contributed by atoms with E-state index in [1.807, 2.05) is 0 Å². The largest absolute Gasteiger partial charge is 0.392 e. The zero-order valence-electron chi connectivity index (χ0n) is 8.03. The van der Waals surface area contributed by atoms with E-state index in [0.717, 1.165) is 0 Å². The van der Waals surface area contributed by atoms with Crippen LogP contribution in [0.1, 0.15) is 17.2 Å². The summed E-state index contributed by atoms with van der Waals surface area (Å²) in [6, 6.07) is 3.89. The van der Waals surface area contributed by atoms with Gasteiger partial charge in [-0.2, -0.15) is 0 Å². The van der Waals surface area contributed by atoms with Gasteiger partial charge in [-0.15, -0.1) is 0 Å². The van der Waals surface area contributed by atoms with E-state index in [1.165, 1.54) is 19.2 Å². The molecule has 1 unspecified atom stereocenters. The van der Waals surface area contributed by atoms with Gasteiger partial charge in [-0.05, 0) is 17.7 Å². The van der Waals surface area contributed by atoms with Crippen LogP contribution in [-0.4, -0.2) is 18.8 Å². The molecule has 1 rings (SSSR count). The number of aliphatic hydroxyl groups is 1. The number of benzene rings is 1. The quantitative estimate of drug-likeness (QED) is 0.759. The number of hydrogen-bond donors (Lipinski definition) is 2. The van der Waals surface area contributed by atoms with Crippen molar-refractivity contribution in [3.05, 3.63) is 35.1 Å². The standard InChI is InChI=1S/C10H14FNO2/c1-14-6-10(12)8-4-7(5-13)2-3-9(8)11/h2-4,10,13H,5-6,12H2,1H3. The molecule has 1 aromatic rings. The van der Waals surface area contributed by atoms with E-state index in [4.69, 9.17) is 15.6 Å². The second-order valence-corrected chi connectivity index (χ2v) is 3.08. The second-order valence-electron chi connectivity index (χ2n) is 3.08. The van der Waals surface area contributed by atoms with Crippen LogP contribution in [0.2, 0.25) is 0 Å². The Morgan fingerprint density at radius 2 is 2.29 bits per heavy atom. The SMILES string of the molecule is COCC(N)c1cc(CO)ccc1F. The Bertz CT molecular complexity index is 304. The zero-order valence-corrected chi connectivity index (χ0v) is 8.03. The van der Waals surface area contributed by atoms with Crippen LogP contribution < -0.4 is 5.73 Å². The zero-order chi connectivity index (χ0) is 10.6. The summed E-state index contributed by atoms with van der Waals surface area (Å²) in [5, 5.41) is 8.87. The normalized spacial score (nSPS) is 12.9. The fourth-order valence-electron chi connectivity index (χ4n) is 1.25. The van der Waals surface area contributed by atoms with Gasteiger partial charge in [-0.1, -0.05) is 6.07 Å². The number of halogens is 1. The molecular weight excluding hydrogens is 185 g/mol. The minimum Gasteiger partial charge on any atom is -0.392 e. The number of rotatable bonds is 4. The predicted octanol–water partition coefficient (Wildman–Crippen LogP) is 0.964. The fourth-order valence-corrected chi connectivity index (χ4v) is 1.25. The third-order valence-electron chi connectivity index (χ3n) is 1.99. The van der Waals surface area contributed by atoms with Crippen LogP contribution in [0.4, 0.5) is 4.39 Å². The first-order valence-electron chi connectivity index (χ1n) is 4.32. The van der Waals surface area contributed by atoms with Gasteiger partial charge in [-0.3, -0.25) is 0 Å². The first-order chi connectivity index (χ1) is 6.69. The first kappa shape index (κ1) is 11.1. The smallest absolute Gasteiger partial charge is 0.128 e. The molecule has 14 heavy (non-hydrogen) atoms. The van der Waals surface area contributed by atoms with Gasteiger partial charge in [0.15, 0.2) is 0 Å². The third-order valence-corrected chi connectivity index (χ3v) is 1.99. The van der Waals surface area contributed by atoms with Crippen LogP contribution in [0.15, 0.2) is 18.2 Å². The molecule has 0 aliphatic rings. The van der Waals surface area contributed by atoms with Gasteiger partial charge in [0.1, 0.15) is 5.82 Å². The monoisotopic (exact) mass is 199 g/mol. The lowest BCUT2D eigenvalue weighted by molar-refractivity contribution is 0.179. The van der Waals surface area contributed by atoms with Crippen LogP contribution in [0.3, 0.4) is 0 Å². The van der Waals surface area contributed by atoms with Crippen molar-refractivity contribution in [2.24, 2.45) is 5.73 Å². The van der Waals surface area contributed by atoms with Crippen LogP contribution in [0.25, 0.3) is 0 Å². The average Bonchev–Trinajstić information content (AvgIpc) is 2.19. The molecule has 3 nitrogen and oxygen atoms in total. The lowest BCUT2D eigenvalue weighted by Crippen LogP contribution is -2.17. The van der Waals surface area contributed by atoms with E-state index in [2.05, 4.69) is 0 Å². The highest BCUT2D eigenvalue weighted by molar-refractivity contribution is 5.27. The van der Waals surface area contributed by atoms with Crippen LogP contribution >= 0.6 is 0 Å². The summed E-state index contributed by atoms with van der Waals surface area (Å²) in [6.45, 7) is 0.138. The summed E-state index contributed by atoms with van der Waals surface area (Å²) in [4.78, 5) is 0. The maximum Gasteiger partial charge on any atom is 0.128 e. The maximum atomic E-state index is 13.3. The molecule has 0 aliphatic heterocycles. The maximum absolute atomic E-state index is 13.3. The molecule has 78 valence electrons. The minimum atomic E-state index is -0.494. The molecule has 0 aliphatic carbocycles. The van der Waals surface area contributed by atoms with Gasteiger partial charge in [0.05, 0.1) is 19.3 Å². The summed E-state index contributed by atoms with van der Waals surface area (Å²) in [5.74, 6) is -0.369. The fraction of sp³-hybridized carbons (Fsp3) is 0.400. The molecule has 1 aromatic carbocycles. The Labute approximate surface area is 82.3 Å². The molecule has 0 radical (unpaired) electrons. The molecule has 0 spiro atoms. The van der Waals surface area contributed by atoms with Gasteiger partial charge in [0.2, 0.25) is 0 Å². The van der Waals surface area contributed by atoms with Crippen molar-refractivity contribution in [2.45, 2.75) is 12.6 Å². The van der Waals surface area contributed by atoms with Crippen LogP contribution in [0.5, 0.6) is 0 Å². The predicted molar refractivity (Wildman–Crippen MR) is 51.1 cm³/mol. The van der Waals surface area contributed by atoms with E-state index < -0.39 is 6.04 Å². The number of methoxy groups -OCH3 is 1. The highest BCUT2D eigenvalue weighted by Crippen LogP contribution is 2.17. The molecule has 0 saturated carbocycles. The first-order valence-corrected chi connectivity index (χ1v) is 4.32. The molecule has 0 aromatic heterocycles. The van der Waals surface area contributed by atoms with Crippen molar-refractivity contribution in [2.75, 3.05) is 13.7 Å². The van der Waals surface area contributed by atoms with Crippen molar-refractivity contribution in [1.29, 1.82) is 0 Å². The minimum absolute atomic E-state index is 0.118. The van der Waals surface area contributed by atoms with Crippen LogP contribution in [-0.2, 0) is 11.3 Å². The van der Waals surface area contributed by atoms with Gasteiger partial charge < -0.3 is 15.6 Å². The van der Waals surface area contributed by atoms with E-state index in [1.54, 1.807) is 6.07 Å². The van der Waals surface area contributed by atoms with E-state index in [9.17, 15) is 4.39 Å². The van der Waals surface area contributed by atoms with Crippen molar-refractivity contribution >= 4 is 0 Å². The van der Waals surface area contributed by atoms with E-state index in [0.29, 0.717) is 11.1 Å². The molecular formula is C10H14FNO2. The second kappa shape index (κ2) is 5.05. The molecule has 0 fully saturated rings. The van der Waals surface area contributed by atoms with E-state index >= 15 is 0 Å². The Balaban J connectivity index is 2.93. The highest BCUT2D eigenvalue weighted by Gasteiger charge is 2.11. The summed E-state index contributed by atoms with van der Waals surface area (Å²) < 4.78 is 18.1. The molecule has 1 atom stereocenters. The highest BCUT2D eigenvalue weighted by atomic mass is 19.1. The lowest BCUT2D eigenvalue weighted by atomic mass is 10.0. The van der Waals surface area contributed by atoms with Gasteiger partial charge >= 0.3 is 0 Å². The molecule has 0 amide bonds. The molecule has 0 heterocycles. The Morgan fingerprint density at radius 3 is 2.86 bits per heavy atom. The van der Waals surface area contributed by atoms with E-state index in [-0.39, 0.29) is 19.0 Å². The Hall–Kier alpha value is -0.970. The summed E-state index contributed by atoms with van der Waals surface area (Å²) >= 11 is 0. The molecule has 0 saturated heterocycles. The van der Waals surface area contributed by atoms with Crippen molar-refractivity contribution < 1.29 is 14.2 Å². The summed E-state index contributed by atoms with van der Waals surface area (Å²) in [7, 11) is 1.51. The number of hydrogen-bond acceptors (Lipinski definition) is 3. The third kappa shape index (κ3) is 2.51. The van der Waals surface area contributed by atoms with Crippen molar-refractivity contribution in [1.82, 2.24) is 0 Å². The van der Waals surface area contributed by atoms with Gasteiger partial charge in [-0.25, -0.2) is 4.39 Å². The number of ether oxygens (including phenoxy) is 1.